The molecule has 3 aromatic carbocycles. The minimum absolute atomic E-state index is 0.0606. The number of hydrogen-bond acceptors (Lipinski definition) is 21. The molecule has 3 amide bonds. The smallest absolute Gasteiger partial charge is 0.306 e. The van der Waals surface area contributed by atoms with Crippen molar-refractivity contribution in [3.63, 3.8) is 0 Å². The van der Waals surface area contributed by atoms with Crippen LogP contribution in [0.5, 0.6) is 0 Å². The Morgan fingerprint density at radius 1 is 0.500 bits per heavy atom. The number of carbonyl (C=O) groups is 8. The molecular formula is C68H89Br3Cl7N9O20S3+2. The molecule has 612 valence electrons. The van der Waals surface area contributed by atoms with E-state index in [9.17, 15) is 73.8 Å². The number of benzene rings is 3. The van der Waals surface area contributed by atoms with Crippen LogP contribution in [0.25, 0.3) is 0 Å². The summed E-state index contributed by atoms with van der Waals surface area (Å²) in [5.41, 5.74) is 1.10. The highest BCUT2D eigenvalue weighted by Crippen LogP contribution is 2.28. The summed E-state index contributed by atoms with van der Waals surface area (Å²) >= 11 is 48.3. The van der Waals surface area contributed by atoms with Crippen LogP contribution in [-0.4, -0.2) is 188 Å². The third kappa shape index (κ3) is 41.5. The van der Waals surface area contributed by atoms with Crippen molar-refractivity contribution < 1.29 is 102 Å². The number of hydrogen-bond donors (Lipinski definition) is 5. The molecule has 0 radical (unpaired) electrons. The van der Waals surface area contributed by atoms with Crippen molar-refractivity contribution in [1.29, 1.82) is 0 Å². The summed E-state index contributed by atoms with van der Waals surface area (Å²) < 4.78 is 102. The molecule has 5 N–H and O–H groups in total. The van der Waals surface area contributed by atoms with Gasteiger partial charge in [-0.2, -0.15) is 0 Å². The summed E-state index contributed by atoms with van der Waals surface area (Å²) in [6.07, 6.45) is 20.2. The molecule has 0 aliphatic rings. The molecule has 29 nitrogen and oxygen atoms in total. The second-order valence-corrected chi connectivity index (χ2v) is 36.0. The first-order valence-corrected chi connectivity index (χ1v) is 45.1. The SMILES string of the molecule is CS(=O)(=O)c1ccc([C@@H](O)[C@@H](CO)NC(=O)C(Cl)Cl)cc1.CS(=O)(=O)c1ccc([C@@H](OC(=O)CCCBr)[C@@H](COC(=O)CCCBr)NC(=O)C(Cl)Cl)cc1.C[n+]1ccn(CCCC(=O)OC[C@@H](NC(=O)C(Cl)Cl)[C@H](OC(=O)CCCn2cc[n+](C)c2)c2ccc(S(C)(=O)=O)cc2)c1.Cn1ccnc1.O=C(Cl)CCCBr. The van der Waals surface area contributed by atoms with Crippen LogP contribution in [0, 0.1) is 0 Å². The van der Waals surface area contributed by atoms with Crippen LogP contribution in [-0.2, 0) is 121 Å². The van der Waals surface area contributed by atoms with E-state index in [4.69, 9.17) is 100 Å². The number of ether oxygens (including phenoxy) is 4. The first kappa shape index (κ1) is 101. The van der Waals surface area contributed by atoms with Gasteiger partial charge in [-0.15, -0.1) is 0 Å². The Bertz CT molecular complexity index is 4180. The number of alkyl halides is 9. The zero-order valence-corrected chi connectivity index (χ0v) is 73.0. The van der Waals surface area contributed by atoms with E-state index in [2.05, 4.69) is 68.7 Å². The van der Waals surface area contributed by atoms with Gasteiger partial charge in [0.25, 0.3) is 17.7 Å². The van der Waals surface area contributed by atoms with E-state index < -0.39 is 129 Å². The Kier molecular flexibility index (Phi) is 48.3. The number of aryl methyl sites for hydroxylation is 5. The minimum atomic E-state index is -3.49. The fourth-order valence-corrected chi connectivity index (χ4v) is 12.3. The van der Waals surface area contributed by atoms with Gasteiger partial charge in [0, 0.05) is 86.3 Å². The summed E-state index contributed by atoms with van der Waals surface area (Å²) in [6.45, 7) is -0.0403. The predicted octanol–water partition coefficient (Wildman–Crippen LogP) is 8.33. The molecule has 0 aliphatic heterocycles. The van der Waals surface area contributed by atoms with Crippen molar-refractivity contribution in [2.75, 3.05) is 54.6 Å². The molecule has 6 aromatic rings. The van der Waals surface area contributed by atoms with Crippen molar-refractivity contribution in [3.8, 4) is 0 Å². The number of esters is 4. The quantitative estimate of drug-likeness (QED) is 0.00795. The van der Waals surface area contributed by atoms with Gasteiger partial charge < -0.3 is 49.7 Å². The highest BCUT2D eigenvalue weighted by atomic mass is 79.9. The second-order valence-electron chi connectivity index (χ2n) is 23.9. The highest BCUT2D eigenvalue weighted by molar-refractivity contribution is 9.09. The third-order valence-corrected chi connectivity index (χ3v) is 21.0. The first-order valence-electron chi connectivity index (χ1n) is 33.1. The van der Waals surface area contributed by atoms with Crippen LogP contribution in [0.4, 0.5) is 0 Å². The maximum atomic E-state index is 13.0. The van der Waals surface area contributed by atoms with Crippen LogP contribution in [0.3, 0.4) is 0 Å². The molecular weight excluding hydrogens is 1850 g/mol. The van der Waals surface area contributed by atoms with Crippen LogP contribution in [0.2, 0.25) is 0 Å². The zero-order valence-electron chi connectivity index (χ0n) is 60.5. The van der Waals surface area contributed by atoms with Gasteiger partial charge in [-0.05, 0) is 96.8 Å². The summed E-state index contributed by atoms with van der Waals surface area (Å²) in [4.78, 5) is 95.9. The number of rotatable bonds is 39. The molecule has 0 saturated heterocycles. The molecule has 6 rings (SSSR count). The minimum Gasteiger partial charge on any atom is -0.463 e. The van der Waals surface area contributed by atoms with Gasteiger partial charge in [0.15, 0.2) is 56.2 Å². The van der Waals surface area contributed by atoms with E-state index in [1.807, 2.05) is 87.6 Å². The number of aliphatic hydroxyl groups is 2. The second kappa shape index (κ2) is 52.8. The standard InChI is InChI=1S/C28H36Cl2N5O7S.C20H25Br2Cl2NO7S.C12H15Cl2NO5S.C4H6BrClO.C4H6N2/c1-32-14-16-34(19-32)12-4-6-24(36)41-18-23(31-28(38)27(29)30)26(21-8-10-22(11-9-21)43(3,39)40)42-25(37)7-5-13-35-17-15-33(2)20-35;1-33(29,30)14-8-6-13(7-9-14)18(32-17(27)5-3-11-22)15(25-20(28)19(23)24)12-31-16(26)4-2-10-21;1-21(19,20)8-4-2-7(3-5-8)10(17)9(6-16)15-12(18)11(13)14;5-3-1-2-4(6)7;1-6-3-2-5-4-6/h8-11,14-17,19-20,23,26-27H,4-7,12-13,18H2,1-3H3;6-9,15,18-19H,2-5,10-12H2,1H3,(H,25,28);2-5,9-11,16-17H,6H2,1H3,(H,15,18);1-3H2;2-4H,1H3/q+1;;;;/p+1/t23-,26-;15-,18-;9-,10-;;/m111../s1. The number of amides is 3. The fraction of sp³-hybridized carbons (Fsp3) is 0.485. The van der Waals surface area contributed by atoms with Crippen molar-refractivity contribution in [2.45, 2.75) is 143 Å². The lowest BCUT2D eigenvalue weighted by Crippen LogP contribution is -2.46. The van der Waals surface area contributed by atoms with Gasteiger partial charge >= 0.3 is 23.9 Å². The Morgan fingerprint density at radius 2 is 0.827 bits per heavy atom. The molecule has 0 aliphatic carbocycles. The lowest BCUT2D eigenvalue weighted by molar-refractivity contribution is -0.671. The Labute approximate surface area is 700 Å². The van der Waals surface area contributed by atoms with Crippen LogP contribution >= 0.6 is 129 Å². The number of nitrogens with zero attached hydrogens (tertiary/aromatic N) is 6. The van der Waals surface area contributed by atoms with E-state index in [0.29, 0.717) is 72.5 Å². The monoisotopic (exact) mass is 1930 g/mol. The van der Waals surface area contributed by atoms with Crippen molar-refractivity contribution in [2.24, 2.45) is 21.1 Å². The van der Waals surface area contributed by atoms with E-state index >= 15 is 0 Å². The number of carbonyl (C=O) groups excluding carboxylic acids is 8. The molecule has 6 atom stereocenters. The van der Waals surface area contributed by atoms with Gasteiger partial charge in [-0.1, -0.05) is 154 Å². The Balaban J connectivity index is 0.000000537. The zero-order chi connectivity index (χ0) is 82.9. The molecule has 0 saturated carbocycles. The Hall–Kier alpha value is -5.51. The van der Waals surface area contributed by atoms with Crippen LogP contribution in [0.1, 0.15) is 99.2 Å². The molecule has 42 heteroatoms. The number of sulfone groups is 3. The van der Waals surface area contributed by atoms with Gasteiger partial charge in [0.05, 0.1) is 60.8 Å². The molecule has 110 heavy (non-hydrogen) atoms. The number of aromatic nitrogens is 6. The highest BCUT2D eigenvalue weighted by Gasteiger charge is 2.34. The number of nitrogens with one attached hydrogen (secondary N) is 3. The predicted molar refractivity (Wildman–Crippen MR) is 425 cm³/mol. The van der Waals surface area contributed by atoms with Gasteiger partial charge in [-0.3, -0.25) is 38.4 Å². The molecule has 3 heterocycles. The van der Waals surface area contributed by atoms with Crippen molar-refractivity contribution >= 4 is 205 Å². The summed E-state index contributed by atoms with van der Waals surface area (Å²) in [7, 11) is -4.56. The van der Waals surface area contributed by atoms with E-state index in [1.54, 1.807) is 12.5 Å². The number of aliphatic hydroxyl groups excluding tert-OH is 2. The molecule has 0 bridgehead atoms. The fourth-order valence-electron chi connectivity index (χ4n) is 9.03. The normalized spacial score (nSPS) is 12.9. The average Bonchev–Trinajstić information content (AvgIpc) is 0.965. The average molecular weight is 1940 g/mol. The maximum Gasteiger partial charge on any atom is 0.306 e. The maximum absolute atomic E-state index is 13.0. The van der Waals surface area contributed by atoms with Gasteiger partial charge in [0.2, 0.25) is 17.9 Å². The molecule has 0 spiro atoms. The number of halogens is 10. The molecule has 0 fully saturated rings. The van der Waals surface area contributed by atoms with E-state index in [0.717, 1.165) is 30.5 Å². The van der Waals surface area contributed by atoms with Crippen molar-refractivity contribution in [1.82, 2.24) is 34.6 Å². The largest absolute Gasteiger partial charge is 0.463 e. The van der Waals surface area contributed by atoms with E-state index in [-0.39, 0.29) is 58.8 Å². The molecule has 3 aromatic heterocycles. The first-order chi connectivity index (χ1) is 51.6. The molecule has 0 unspecified atom stereocenters. The lowest BCUT2D eigenvalue weighted by atomic mass is 10.0. The van der Waals surface area contributed by atoms with Crippen LogP contribution < -0.4 is 25.1 Å². The summed E-state index contributed by atoms with van der Waals surface area (Å²) in [5.74, 6) is -4.42. The lowest BCUT2D eigenvalue weighted by Gasteiger charge is -2.28. The number of imidazole rings is 3. The summed E-state index contributed by atoms with van der Waals surface area (Å²) in [6, 6.07) is 13.7. The third-order valence-electron chi connectivity index (χ3n) is 14.6. The van der Waals surface area contributed by atoms with Crippen molar-refractivity contribution in [3.05, 3.63) is 146 Å². The van der Waals surface area contributed by atoms with Crippen LogP contribution in [0.15, 0.2) is 144 Å². The van der Waals surface area contributed by atoms with Gasteiger partial charge in [0.1, 0.15) is 56.2 Å². The van der Waals surface area contributed by atoms with E-state index in [1.165, 1.54) is 72.8 Å². The Morgan fingerprint density at radius 3 is 1.10 bits per heavy atom. The topological polar surface area (TPSA) is 388 Å². The van der Waals surface area contributed by atoms with Gasteiger partial charge in [-0.25, -0.2) is 48.5 Å². The summed E-state index contributed by atoms with van der Waals surface area (Å²) in [5, 5.41) is 28.5.